The first kappa shape index (κ1) is 15.1. The number of halogens is 2. The Morgan fingerprint density at radius 3 is 2.57 bits per heavy atom. The molecule has 0 saturated carbocycles. The van der Waals surface area contributed by atoms with Crippen LogP contribution in [0, 0.1) is 15.9 Å². The molecule has 0 aliphatic rings. The molecule has 0 bridgehead atoms. The van der Waals surface area contributed by atoms with Gasteiger partial charge in [0.1, 0.15) is 5.15 Å². The minimum atomic E-state index is -4.40. The van der Waals surface area contributed by atoms with Crippen molar-refractivity contribution in [2.24, 2.45) is 0 Å². The minimum absolute atomic E-state index is 0.0367. The van der Waals surface area contributed by atoms with Crippen LogP contribution in [-0.2, 0) is 10.0 Å². The molecule has 2 rings (SSSR count). The lowest BCUT2D eigenvalue weighted by molar-refractivity contribution is -0.390. The zero-order valence-corrected chi connectivity index (χ0v) is 11.6. The first-order valence-corrected chi connectivity index (χ1v) is 7.10. The maximum Gasteiger partial charge on any atom is 0.325 e. The fourth-order valence-corrected chi connectivity index (χ4v) is 2.72. The number of hydrogen-bond donors (Lipinski definition) is 1. The predicted molar refractivity (Wildman–Crippen MR) is 70.9 cm³/mol. The molecular weight excluding hydrogens is 327 g/mol. The highest BCUT2D eigenvalue weighted by molar-refractivity contribution is 7.92. The standard InChI is InChI=1S/C10H6ClFN4O4S/c11-8-4-14-9(5-13-8)15-21(19,20)7-3-1-2-6(12)10(7)16(17)18/h1-5H,(H,14,15). The van der Waals surface area contributed by atoms with Crippen molar-refractivity contribution < 1.29 is 17.7 Å². The van der Waals surface area contributed by atoms with E-state index >= 15 is 0 Å². The first-order chi connectivity index (χ1) is 9.81. The maximum absolute atomic E-state index is 13.4. The first-order valence-electron chi connectivity index (χ1n) is 5.24. The van der Waals surface area contributed by atoms with E-state index in [0.717, 1.165) is 30.6 Å². The second-order valence-corrected chi connectivity index (χ2v) is 5.71. The number of nitro benzene ring substituents is 1. The van der Waals surface area contributed by atoms with Gasteiger partial charge in [0.05, 0.1) is 17.3 Å². The Morgan fingerprint density at radius 2 is 2.00 bits per heavy atom. The second-order valence-electron chi connectivity index (χ2n) is 3.67. The smallest absolute Gasteiger partial charge is 0.262 e. The summed E-state index contributed by atoms with van der Waals surface area (Å²) in [4.78, 5) is 16.1. The van der Waals surface area contributed by atoms with Gasteiger partial charge in [-0.05, 0) is 12.1 Å². The molecule has 0 atom stereocenters. The number of rotatable bonds is 4. The van der Waals surface area contributed by atoms with Crippen LogP contribution in [0.2, 0.25) is 5.15 Å². The van der Waals surface area contributed by atoms with E-state index in [1.54, 1.807) is 0 Å². The number of aromatic nitrogens is 2. The average Bonchev–Trinajstić information content (AvgIpc) is 2.40. The van der Waals surface area contributed by atoms with Crippen LogP contribution in [0.3, 0.4) is 0 Å². The average molecular weight is 333 g/mol. The lowest BCUT2D eigenvalue weighted by Gasteiger charge is -2.07. The van der Waals surface area contributed by atoms with Crippen LogP contribution in [0.1, 0.15) is 0 Å². The van der Waals surface area contributed by atoms with Crippen molar-refractivity contribution in [3.05, 3.63) is 51.7 Å². The van der Waals surface area contributed by atoms with Crippen LogP contribution in [0.15, 0.2) is 35.5 Å². The van der Waals surface area contributed by atoms with Crippen molar-refractivity contribution in [2.45, 2.75) is 4.90 Å². The number of sulfonamides is 1. The Kier molecular flexibility index (Phi) is 4.00. The van der Waals surface area contributed by atoms with Crippen molar-refractivity contribution in [1.82, 2.24) is 9.97 Å². The summed E-state index contributed by atoms with van der Waals surface area (Å²) in [6.45, 7) is 0. The monoisotopic (exact) mass is 332 g/mol. The molecule has 0 radical (unpaired) electrons. The molecule has 1 aromatic heterocycles. The molecule has 0 spiro atoms. The van der Waals surface area contributed by atoms with Gasteiger partial charge in [-0.25, -0.2) is 18.4 Å². The molecule has 0 saturated heterocycles. The van der Waals surface area contributed by atoms with Crippen LogP contribution >= 0.6 is 11.6 Å². The van der Waals surface area contributed by atoms with Crippen molar-refractivity contribution >= 4 is 33.1 Å². The fraction of sp³-hybridized carbons (Fsp3) is 0. The lowest BCUT2D eigenvalue weighted by atomic mass is 10.3. The van der Waals surface area contributed by atoms with Gasteiger partial charge in [-0.3, -0.25) is 14.8 Å². The summed E-state index contributed by atoms with van der Waals surface area (Å²) in [6.07, 6.45) is 2.10. The molecule has 11 heteroatoms. The van der Waals surface area contributed by atoms with Gasteiger partial charge in [0, 0.05) is 0 Å². The third-order valence-electron chi connectivity index (χ3n) is 2.28. The van der Waals surface area contributed by atoms with E-state index in [9.17, 15) is 22.9 Å². The van der Waals surface area contributed by atoms with Crippen LogP contribution in [0.5, 0.6) is 0 Å². The highest BCUT2D eigenvalue weighted by Crippen LogP contribution is 2.27. The zero-order valence-electron chi connectivity index (χ0n) is 10.0. The SMILES string of the molecule is O=[N+]([O-])c1c(F)cccc1S(=O)(=O)Nc1cnc(Cl)cn1. The van der Waals surface area contributed by atoms with Gasteiger partial charge in [-0.2, -0.15) is 4.39 Å². The summed E-state index contributed by atoms with van der Waals surface area (Å²) in [5, 5.41) is 10.9. The highest BCUT2D eigenvalue weighted by atomic mass is 35.5. The molecule has 0 amide bonds. The number of benzene rings is 1. The number of nitrogens with zero attached hydrogens (tertiary/aromatic N) is 3. The maximum atomic E-state index is 13.4. The van der Waals surface area contributed by atoms with Crippen LogP contribution in [-0.4, -0.2) is 23.3 Å². The van der Waals surface area contributed by atoms with Crippen LogP contribution in [0.4, 0.5) is 15.9 Å². The zero-order chi connectivity index (χ0) is 15.6. The molecule has 0 aliphatic carbocycles. The van der Waals surface area contributed by atoms with Crippen LogP contribution < -0.4 is 4.72 Å². The topological polar surface area (TPSA) is 115 Å². The summed E-state index contributed by atoms with van der Waals surface area (Å²) < 4.78 is 39.6. The summed E-state index contributed by atoms with van der Waals surface area (Å²) in [5.41, 5.74) is -1.15. The van der Waals surface area contributed by atoms with Gasteiger partial charge in [-0.15, -0.1) is 0 Å². The minimum Gasteiger partial charge on any atom is -0.262 e. The van der Waals surface area contributed by atoms with Gasteiger partial charge in [-0.1, -0.05) is 17.7 Å². The molecular formula is C10H6ClFN4O4S. The van der Waals surface area contributed by atoms with Gasteiger partial charge in [0.2, 0.25) is 5.82 Å². The molecule has 110 valence electrons. The van der Waals surface area contributed by atoms with E-state index in [0.29, 0.717) is 0 Å². The Bertz CT molecular complexity index is 797. The fourth-order valence-electron chi connectivity index (χ4n) is 1.45. The third kappa shape index (κ3) is 3.23. The summed E-state index contributed by atoms with van der Waals surface area (Å²) in [5.74, 6) is -1.47. The Hall–Kier alpha value is -2.33. The van der Waals surface area contributed by atoms with Crippen molar-refractivity contribution in [2.75, 3.05) is 4.72 Å². The van der Waals surface area contributed by atoms with Crippen molar-refractivity contribution in [1.29, 1.82) is 0 Å². The summed E-state index contributed by atoms with van der Waals surface area (Å²) in [7, 11) is -4.40. The van der Waals surface area contributed by atoms with Crippen LogP contribution in [0.25, 0.3) is 0 Å². The van der Waals surface area contributed by atoms with E-state index in [1.165, 1.54) is 0 Å². The van der Waals surface area contributed by atoms with E-state index in [2.05, 4.69) is 9.97 Å². The number of para-hydroxylation sites is 1. The molecule has 1 aromatic carbocycles. The van der Waals surface area contributed by atoms with Gasteiger partial charge in [0.25, 0.3) is 10.0 Å². The number of nitro groups is 1. The Morgan fingerprint density at radius 1 is 1.29 bits per heavy atom. The molecule has 1 N–H and O–H groups in total. The molecule has 2 aromatic rings. The third-order valence-corrected chi connectivity index (χ3v) is 3.86. The molecule has 0 unspecified atom stereocenters. The predicted octanol–water partition coefficient (Wildman–Crippen LogP) is 1.98. The normalized spacial score (nSPS) is 11.1. The highest BCUT2D eigenvalue weighted by Gasteiger charge is 2.29. The lowest BCUT2D eigenvalue weighted by Crippen LogP contribution is -2.16. The molecule has 21 heavy (non-hydrogen) atoms. The quantitative estimate of drug-likeness (QED) is 0.676. The molecule has 8 nitrogen and oxygen atoms in total. The Balaban J connectivity index is 2.47. The largest absolute Gasteiger partial charge is 0.325 e. The second kappa shape index (κ2) is 5.58. The van der Waals surface area contributed by atoms with Gasteiger partial charge < -0.3 is 0 Å². The van der Waals surface area contributed by atoms with Gasteiger partial charge >= 0.3 is 5.69 Å². The number of hydrogen-bond acceptors (Lipinski definition) is 6. The van der Waals surface area contributed by atoms with Gasteiger partial charge in [0.15, 0.2) is 10.7 Å². The van der Waals surface area contributed by atoms with E-state index in [4.69, 9.17) is 11.6 Å². The van der Waals surface area contributed by atoms with E-state index < -0.39 is 31.3 Å². The van der Waals surface area contributed by atoms with Crippen molar-refractivity contribution in [3.8, 4) is 0 Å². The Labute approximate surface area is 122 Å². The summed E-state index contributed by atoms with van der Waals surface area (Å²) in [6, 6.07) is 2.75. The molecule has 1 heterocycles. The van der Waals surface area contributed by atoms with E-state index in [1.807, 2.05) is 4.72 Å². The van der Waals surface area contributed by atoms with E-state index in [-0.39, 0.29) is 11.0 Å². The number of anilines is 1. The molecule has 0 aliphatic heterocycles. The number of nitrogens with one attached hydrogen (secondary N) is 1. The molecule has 0 fully saturated rings. The van der Waals surface area contributed by atoms with Crippen molar-refractivity contribution in [3.63, 3.8) is 0 Å². The summed E-state index contributed by atoms with van der Waals surface area (Å²) >= 11 is 5.50.